The van der Waals surface area contributed by atoms with Crippen LogP contribution < -0.4 is 5.73 Å². The Morgan fingerprint density at radius 2 is 2.05 bits per heavy atom. The molecule has 3 rings (SSSR count). The van der Waals surface area contributed by atoms with Gasteiger partial charge >= 0.3 is 0 Å². The normalized spacial score (nSPS) is 11.3. The van der Waals surface area contributed by atoms with Crippen molar-refractivity contribution in [3.05, 3.63) is 41.3 Å². The van der Waals surface area contributed by atoms with Gasteiger partial charge in [0.2, 0.25) is 0 Å². The van der Waals surface area contributed by atoms with Crippen molar-refractivity contribution in [3.8, 4) is 11.5 Å². The third-order valence-corrected chi connectivity index (χ3v) is 3.33. The van der Waals surface area contributed by atoms with Crippen LogP contribution in [0.2, 0.25) is 0 Å². The van der Waals surface area contributed by atoms with E-state index in [1.807, 2.05) is 29.5 Å². The van der Waals surface area contributed by atoms with E-state index in [1.54, 1.807) is 0 Å². The van der Waals surface area contributed by atoms with Gasteiger partial charge in [0.15, 0.2) is 5.76 Å². The van der Waals surface area contributed by atoms with Crippen molar-refractivity contribution in [3.63, 3.8) is 0 Å². The Labute approximate surface area is 111 Å². The van der Waals surface area contributed by atoms with Gasteiger partial charge in [0.25, 0.3) is 0 Å². The fraction of sp³-hybridized carbons (Fsp3) is 0.267. The molecule has 0 saturated carbocycles. The van der Waals surface area contributed by atoms with Crippen LogP contribution in [0.15, 0.2) is 28.7 Å². The highest BCUT2D eigenvalue weighted by atomic mass is 16.3. The number of furan rings is 1. The molecule has 3 heterocycles. The molecule has 98 valence electrons. The number of anilines is 1. The van der Waals surface area contributed by atoms with Crippen LogP contribution in [0.3, 0.4) is 0 Å². The molecule has 19 heavy (non-hydrogen) atoms. The summed E-state index contributed by atoms with van der Waals surface area (Å²) in [6.07, 6.45) is 0.866. The largest absolute Gasteiger partial charge is 0.459 e. The van der Waals surface area contributed by atoms with Gasteiger partial charge in [-0.15, -0.1) is 0 Å². The number of pyridine rings is 1. The maximum absolute atomic E-state index is 6.21. The molecule has 0 bridgehead atoms. The first-order valence-corrected chi connectivity index (χ1v) is 6.44. The molecular weight excluding hydrogens is 238 g/mol. The highest BCUT2D eigenvalue weighted by Gasteiger charge is 2.15. The zero-order chi connectivity index (χ0) is 13.6. The fourth-order valence-corrected chi connectivity index (χ4v) is 2.43. The molecule has 0 fully saturated rings. The van der Waals surface area contributed by atoms with Crippen LogP contribution in [-0.2, 0) is 6.42 Å². The molecule has 4 heteroatoms. The van der Waals surface area contributed by atoms with Gasteiger partial charge in [0.05, 0.1) is 0 Å². The van der Waals surface area contributed by atoms with E-state index < -0.39 is 0 Å². The van der Waals surface area contributed by atoms with Crippen molar-refractivity contribution >= 4 is 11.5 Å². The quantitative estimate of drug-likeness (QED) is 0.764. The molecule has 0 aliphatic carbocycles. The van der Waals surface area contributed by atoms with Crippen LogP contribution in [0, 0.1) is 13.8 Å². The monoisotopic (exact) mass is 255 g/mol. The number of fused-ring (bicyclic) bond motifs is 1. The summed E-state index contributed by atoms with van der Waals surface area (Å²) < 4.78 is 7.70. The summed E-state index contributed by atoms with van der Waals surface area (Å²) in [5.74, 6) is 2.30. The van der Waals surface area contributed by atoms with Gasteiger partial charge < -0.3 is 10.2 Å². The molecule has 0 aliphatic heterocycles. The molecule has 0 radical (unpaired) electrons. The number of hydrogen-bond donors (Lipinski definition) is 1. The minimum Gasteiger partial charge on any atom is -0.459 e. The van der Waals surface area contributed by atoms with E-state index in [9.17, 15) is 0 Å². The third-order valence-electron chi connectivity index (χ3n) is 3.33. The molecule has 2 N–H and O–H groups in total. The van der Waals surface area contributed by atoms with E-state index in [-0.39, 0.29) is 0 Å². The summed E-state index contributed by atoms with van der Waals surface area (Å²) in [6, 6.07) is 8.01. The molecular formula is C15H17N3O. The Balaban J connectivity index is 2.25. The predicted octanol–water partition coefficient (Wildman–Crippen LogP) is 3.36. The Morgan fingerprint density at radius 3 is 2.74 bits per heavy atom. The summed E-state index contributed by atoms with van der Waals surface area (Å²) in [7, 11) is 0. The van der Waals surface area contributed by atoms with E-state index >= 15 is 0 Å². The molecule has 0 saturated heterocycles. The number of nitrogens with two attached hydrogens (primary N) is 1. The van der Waals surface area contributed by atoms with E-state index in [1.165, 1.54) is 5.56 Å². The molecule has 3 aromatic heterocycles. The third kappa shape index (κ3) is 1.80. The number of hydrogen-bond acceptors (Lipinski definition) is 3. The lowest BCUT2D eigenvalue weighted by atomic mass is 10.2. The van der Waals surface area contributed by atoms with Crippen LogP contribution >= 0.6 is 0 Å². The number of imidazole rings is 1. The Hall–Kier alpha value is -2.23. The number of aromatic nitrogens is 2. The standard InChI is InChI=1S/C15H17N3O/c1-4-11-5-6-12(19-11)14-15(16)18-10(3)7-9(2)8-13(18)17-14/h5-8H,4,16H2,1-3H3. The maximum atomic E-state index is 6.21. The Kier molecular flexibility index (Phi) is 2.59. The van der Waals surface area contributed by atoms with Gasteiger partial charge in [-0.2, -0.15) is 0 Å². The Morgan fingerprint density at radius 1 is 1.26 bits per heavy atom. The molecule has 4 nitrogen and oxygen atoms in total. The topological polar surface area (TPSA) is 56.5 Å². The van der Waals surface area contributed by atoms with Crippen molar-refractivity contribution in [1.82, 2.24) is 9.38 Å². The minimum absolute atomic E-state index is 0.629. The lowest BCUT2D eigenvalue weighted by Gasteiger charge is -2.03. The van der Waals surface area contributed by atoms with Crippen molar-refractivity contribution in [2.45, 2.75) is 27.2 Å². The lowest BCUT2D eigenvalue weighted by Crippen LogP contribution is -1.98. The van der Waals surface area contributed by atoms with Crippen molar-refractivity contribution in [1.29, 1.82) is 0 Å². The predicted molar refractivity (Wildman–Crippen MR) is 76.2 cm³/mol. The molecule has 0 spiro atoms. The summed E-state index contributed by atoms with van der Waals surface area (Å²) in [5, 5.41) is 0. The van der Waals surface area contributed by atoms with E-state index in [0.717, 1.165) is 29.3 Å². The summed E-state index contributed by atoms with van der Waals surface area (Å²) in [4.78, 5) is 4.60. The van der Waals surface area contributed by atoms with Crippen LogP contribution in [0.25, 0.3) is 17.1 Å². The van der Waals surface area contributed by atoms with Crippen molar-refractivity contribution in [2.24, 2.45) is 0 Å². The van der Waals surface area contributed by atoms with Gasteiger partial charge in [-0.1, -0.05) is 6.92 Å². The molecule has 0 unspecified atom stereocenters. The molecule has 0 aromatic carbocycles. The van der Waals surface area contributed by atoms with Crippen LogP contribution in [0.5, 0.6) is 0 Å². The van der Waals surface area contributed by atoms with E-state index in [0.29, 0.717) is 11.5 Å². The first-order chi connectivity index (χ1) is 9.10. The highest BCUT2D eigenvalue weighted by molar-refractivity contribution is 5.72. The van der Waals surface area contributed by atoms with Crippen molar-refractivity contribution in [2.75, 3.05) is 5.73 Å². The first-order valence-electron chi connectivity index (χ1n) is 6.44. The number of nitrogen functional groups attached to an aromatic ring is 1. The van der Waals surface area contributed by atoms with Crippen LogP contribution in [-0.4, -0.2) is 9.38 Å². The zero-order valence-corrected chi connectivity index (χ0v) is 11.4. The second kappa shape index (κ2) is 4.16. The van der Waals surface area contributed by atoms with E-state index in [2.05, 4.69) is 24.9 Å². The second-order valence-electron chi connectivity index (χ2n) is 4.83. The number of aryl methyl sites for hydroxylation is 3. The number of nitrogens with zero attached hydrogens (tertiary/aromatic N) is 2. The maximum Gasteiger partial charge on any atom is 0.156 e. The minimum atomic E-state index is 0.629. The van der Waals surface area contributed by atoms with Crippen LogP contribution in [0.4, 0.5) is 5.82 Å². The highest BCUT2D eigenvalue weighted by Crippen LogP contribution is 2.29. The van der Waals surface area contributed by atoms with Gasteiger partial charge in [0.1, 0.15) is 22.9 Å². The van der Waals surface area contributed by atoms with Gasteiger partial charge in [-0.3, -0.25) is 4.40 Å². The Bertz CT molecular complexity index is 752. The van der Waals surface area contributed by atoms with Gasteiger partial charge in [-0.25, -0.2) is 4.98 Å². The summed E-state index contributed by atoms with van der Waals surface area (Å²) >= 11 is 0. The van der Waals surface area contributed by atoms with Gasteiger partial charge in [0, 0.05) is 12.1 Å². The van der Waals surface area contributed by atoms with E-state index in [4.69, 9.17) is 10.2 Å². The molecule has 0 amide bonds. The van der Waals surface area contributed by atoms with Crippen molar-refractivity contribution < 1.29 is 4.42 Å². The van der Waals surface area contributed by atoms with Crippen LogP contribution in [0.1, 0.15) is 23.9 Å². The summed E-state index contributed by atoms with van der Waals surface area (Å²) in [6.45, 7) is 6.14. The lowest BCUT2D eigenvalue weighted by molar-refractivity contribution is 0.528. The first kappa shape index (κ1) is 11.8. The average molecular weight is 255 g/mol. The average Bonchev–Trinajstić information content (AvgIpc) is 2.93. The fourth-order valence-electron chi connectivity index (χ4n) is 2.43. The molecule has 3 aromatic rings. The second-order valence-corrected chi connectivity index (χ2v) is 4.83. The summed E-state index contributed by atoms with van der Waals surface area (Å²) in [5.41, 5.74) is 10.0. The molecule has 0 atom stereocenters. The SMILES string of the molecule is CCc1ccc(-c2nc3cc(C)cc(C)n3c2N)o1. The molecule has 0 aliphatic rings. The number of rotatable bonds is 2. The smallest absolute Gasteiger partial charge is 0.156 e. The van der Waals surface area contributed by atoms with Gasteiger partial charge in [-0.05, 0) is 43.7 Å². The zero-order valence-electron chi connectivity index (χ0n) is 11.4.